The summed E-state index contributed by atoms with van der Waals surface area (Å²) in [6.07, 6.45) is 3.40. The molecule has 2 aromatic rings. The van der Waals surface area contributed by atoms with Crippen LogP contribution >= 0.6 is 0 Å². The van der Waals surface area contributed by atoms with Gasteiger partial charge in [0.25, 0.3) is 0 Å². The van der Waals surface area contributed by atoms with E-state index in [9.17, 15) is 0 Å². The van der Waals surface area contributed by atoms with Crippen molar-refractivity contribution in [1.29, 1.82) is 0 Å². The standard InChI is InChI=1S/C16H23N3O/c1-2-19-15-6-4-3-5-13(15)14(18-19)11-17-12-16(7-8-16)9-10-20/h3-6,17,20H,2,7-12H2,1H3. The molecule has 0 unspecified atom stereocenters. The van der Waals surface area contributed by atoms with Crippen molar-refractivity contribution in [3.8, 4) is 0 Å². The maximum atomic E-state index is 9.09. The Bertz CT molecular complexity index is 586. The van der Waals surface area contributed by atoms with Crippen LogP contribution in [0.5, 0.6) is 0 Å². The van der Waals surface area contributed by atoms with E-state index in [2.05, 4.69) is 41.2 Å². The molecule has 4 heteroatoms. The summed E-state index contributed by atoms with van der Waals surface area (Å²) in [5.41, 5.74) is 2.70. The summed E-state index contributed by atoms with van der Waals surface area (Å²) in [6.45, 7) is 5.11. The van der Waals surface area contributed by atoms with Crippen LogP contribution in [-0.4, -0.2) is 28.0 Å². The molecule has 0 saturated heterocycles. The van der Waals surface area contributed by atoms with E-state index < -0.39 is 0 Å². The maximum absolute atomic E-state index is 9.09. The molecule has 0 bridgehead atoms. The Morgan fingerprint density at radius 3 is 2.85 bits per heavy atom. The summed E-state index contributed by atoms with van der Waals surface area (Å²) in [6, 6.07) is 8.41. The van der Waals surface area contributed by atoms with E-state index in [4.69, 9.17) is 10.2 Å². The van der Waals surface area contributed by atoms with Gasteiger partial charge in [-0.25, -0.2) is 0 Å². The van der Waals surface area contributed by atoms with Gasteiger partial charge in [0, 0.05) is 31.6 Å². The zero-order valence-electron chi connectivity index (χ0n) is 12.1. The van der Waals surface area contributed by atoms with Crippen LogP contribution in [0.3, 0.4) is 0 Å². The number of aromatic nitrogens is 2. The van der Waals surface area contributed by atoms with Gasteiger partial charge in [-0.3, -0.25) is 4.68 Å². The van der Waals surface area contributed by atoms with Crippen LogP contribution < -0.4 is 5.32 Å². The summed E-state index contributed by atoms with van der Waals surface area (Å²) < 4.78 is 2.06. The van der Waals surface area contributed by atoms with Crippen molar-refractivity contribution in [2.45, 2.75) is 39.3 Å². The van der Waals surface area contributed by atoms with Gasteiger partial charge in [-0.05, 0) is 37.7 Å². The molecule has 0 spiro atoms. The van der Waals surface area contributed by atoms with Crippen molar-refractivity contribution in [3.63, 3.8) is 0 Å². The molecule has 3 rings (SSSR count). The Morgan fingerprint density at radius 2 is 2.15 bits per heavy atom. The zero-order chi connectivity index (χ0) is 14.0. The van der Waals surface area contributed by atoms with E-state index in [1.165, 1.54) is 23.7 Å². The van der Waals surface area contributed by atoms with Gasteiger partial charge in [-0.1, -0.05) is 18.2 Å². The lowest BCUT2D eigenvalue weighted by atomic mass is 10.0. The van der Waals surface area contributed by atoms with Gasteiger partial charge >= 0.3 is 0 Å². The summed E-state index contributed by atoms with van der Waals surface area (Å²) >= 11 is 0. The fraction of sp³-hybridized carbons (Fsp3) is 0.562. The number of aryl methyl sites for hydroxylation is 1. The number of para-hydroxylation sites is 1. The van der Waals surface area contributed by atoms with E-state index >= 15 is 0 Å². The summed E-state index contributed by atoms with van der Waals surface area (Å²) in [7, 11) is 0. The van der Waals surface area contributed by atoms with Crippen molar-refractivity contribution in [1.82, 2.24) is 15.1 Å². The van der Waals surface area contributed by atoms with Gasteiger partial charge in [0.2, 0.25) is 0 Å². The molecule has 1 aromatic heterocycles. The lowest BCUT2D eigenvalue weighted by molar-refractivity contribution is 0.245. The second-order valence-corrected chi connectivity index (χ2v) is 5.86. The molecule has 1 saturated carbocycles. The Labute approximate surface area is 119 Å². The summed E-state index contributed by atoms with van der Waals surface area (Å²) in [5, 5.41) is 18.6. The van der Waals surface area contributed by atoms with Crippen molar-refractivity contribution in [2.75, 3.05) is 13.2 Å². The van der Waals surface area contributed by atoms with Gasteiger partial charge in [-0.15, -0.1) is 0 Å². The van der Waals surface area contributed by atoms with Gasteiger partial charge in [0.1, 0.15) is 0 Å². The van der Waals surface area contributed by atoms with Gasteiger partial charge in [0.15, 0.2) is 0 Å². The first-order valence-corrected chi connectivity index (χ1v) is 7.54. The fourth-order valence-electron chi connectivity index (χ4n) is 2.94. The fourth-order valence-corrected chi connectivity index (χ4v) is 2.94. The molecule has 1 aromatic carbocycles. The highest BCUT2D eigenvalue weighted by atomic mass is 16.3. The summed E-state index contributed by atoms with van der Waals surface area (Å²) in [4.78, 5) is 0. The van der Waals surface area contributed by atoms with Crippen molar-refractivity contribution >= 4 is 10.9 Å². The quantitative estimate of drug-likeness (QED) is 0.814. The lowest BCUT2D eigenvalue weighted by Crippen LogP contribution is -2.24. The third-order valence-corrected chi connectivity index (χ3v) is 4.43. The van der Waals surface area contributed by atoms with E-state index in [1.807, 2.05) is 0 Å². The topological polar surface area (TPSA) is 50.1 Å². The lowest BCUT2D eigenvalue weighted by Gasteiger charge is -2.13. The minimum absolute atomic E-state index is 0.301. The Balaban J connectivity index is 1.69. The highest BCUT2D eigenvalue weighted by Gasteiger charge is 2.41. The highest BCUT2D eigenvalue weighted by Crippen LogP contribution is 2.47. The number of nitrogens with one attached hydrogen (secondary N) is 1. The number of hydrogen-bond donors (Lipinski definition) is 2. The molecular weight excluding hydrogens is 250 g/mol. The average Bonchev–Trinajstić information content (AvgIpc) is 3.13. The molecule has 108 valence electrons. The Hall–Kier alpha value is -1.39. The number of fused-ring (bicyclic) bond motifs is 1. The Kier molecular flexibility index (Phi) is 3.76. The molecule has 4 nitrogen and oxygen atoms in total. The van der Waals surface area contributed by atoms with E-state index in [-0.39, 0.29) is 0 Å². The van der Waals surface area contributed by atoms with Crippen LogP contribution in [0, 0.1) is 5.41 Å². The number of benzene rings is 1. The molecule has 20 heavy (non-hydrogen) atoms. The molecule has 2 N–H and O–H groups in total. The zero-order valence-corrected chi connectivity index (χ0v) is 12.1. The molecular formula is C16H23N3O. The van der Waals surface area contributed by atoms with Crippen LogP contribution in [0.4, 0.5) is 0 Å². The van der Waals surface area contributed by atoms with Crippen LogP contribution in [0.2, 0.25) is 0 Å². The predicted octanol–water partition coefficient (Wildman–Crippen LogP) is 2.31. The van der Waals surface area contributed by atoms with Gasteiger partial charge in [0.05, 0.1) is 11.2 Å². The van der Waals surface area contributed by atoms with E-state index in [1.54, 1.807) is 0 Å². The molecule has 0 amide bonds. The van der Waals surface area contributed by atoms with Crippen molar-refractivity contribution < 1.29 is 5.11 Å². The van der Waals surface area contributed by atoms with Gasteiger partial charge in [-0.2, -0.15) is 5.10 Å². The number of nitrogens with zero attached hydrogens (tertiary/aromatic N) is 2. The molecule has 0 atom stereocenters. The molecule has 1 aliphatic carbocycles. The maximum Gasteiger partial charge on any atom is 0.0841 e. The first-order valence-electron chi connectivity index (χ1n) is 7.54. The largest absolute Gasteiger partial charge is 0.396 e. The van der Waals surface area contributed by atoms with Crippen molar-refractivity contribution in [2.24, 2.45) is 5.41 Å². The Morgan fingerprint density at radius 1 is 1.35 bits per heavy atom. The average molecular weight is 273 g/mol. The second kappa shape index (κ2) is 5.54. The molecule has 0 aliphatic heterocycles. The summed E-state index contributed by atoms with van der Waals surface area (Å²) in [5.74, 6) is 0. The molecule has 0 radical (unpaired) electrons. The molecule has 1 aliphatic rings. The normalized spacial score (nSPS) is 16.7. The number of aliphatic hydroxyl groups is 1. The monoisotopic (exact) mass is 273 g/mol. The smallest absolute Gasteiger partial charge is 0.0841 e. The SMILES string of the molecule is CCn1nc(CNCC2(CCO)CC2)c2ccccc21. The first-order chi connectivity index (χ1) is 9.78. The first kappa shape index (κ1) is 13.6. The minimum atomic E-state index is 0.301. The van der Waals surface area contributed by atoms with E-state index in [0.29, 0.717) is 12.0 Å². The van der Waals surface area contributed by atoms with Crippen molar-refractivity contribution in [3.05, 3.63) is 30.0 Å². The third-order valence-electron chi connectivity index (χ3n) is 4.43. The van der Waals surface area contributed by atoms with Gasteiger partial charge < -0.3 is 10.4 Å². The van der Waals surface area contributed by atoms with Crippen LogP contribution in [0.1, 0.15) is 31.9 Å². The highest BCUT2D eigenvalue weighted by molar-refractivity contribution is 5.81. The van der Waals surface area contributed by atoms with Crippen LogP contribution in [-0.2, 0) is 13.1 Å². The predicted molar refractivity (Wildman–Crippen MR) is 80.5 cm³/mol. The second-order valence-electron chi connectivity index (χ2n) is 5.86. The van der Waals surface area contributed by atoms with Crippen LogP contribution in [0.15, 0.2) is 24.3 Å². The van der Waals surface area contributed by atoms with Crippen LogP contribution in [0.25, 0.3) is 10.9 Å². The number of hydrogen-bond acceptors (Lipinski definition) is 3. The number of rotatable bonds is 7. The number of aliphatic hydroxyl groups excluding tert-OH is 1. The third kappa shape index (κ3) is 2.58. The van der Waals surface area contributed by atoms with E-state index in [0.717, 1.165) is 31.7 Å². The minimum Gasteiger partial charge on any atom is -0.396 e. The molecule has 1 fully saturated rings. The molecule has 1 heterocycles.